The number of aliphatic carboxylic acids is 1. The van der Waals surface area contributed by atoms with E-state index in [1.165, 1.54) is 30.6 Å². The minimum atomic E-state index is -1.42. The lowest BCUT2D eigenvalue weighted by Gasteiger charge is -2.20. The van der Waals surface area contributed by atoms with Crippen LogP contribution in [0.1, 0.15) is 32.1 Å². The highest BCUT2D eigenvalue weighted by Gasteiger charge is 2.25. The summed E-state index contributed by atoms with van der Waals surface area (Å²) in [6, 6.07) is -1.42. The van der Waals surface area contributed by atoms with Gasteiger partial charge in [-0.25, -0.2) is 4.79 Å². The van der Waals surface area contributed by atoms with Gasteiger partial charge in [0.15, 0.2) is 6.04 Å². The van der Waals surface area contributed by atoms with Gasteiger partial charge in [-0.2, -0.15) is 0 Å². The third kappa shape index (κ3) is 3.48. The SMILES string of the molecule is CN(CCC1CCCC1)C(=O)C(N)C(=O)O. The zero-order valence-corrected chi connectivity index (χ0v) is 9.69. The highest BCUT2D eigenvalue weighted by molar-refractivity contribution is 6.00. The van der Waals surface area contributed by atoms with Crippen LogP contribution in [0.25, 0.3) is 0 Å². The topological polar surface area (TPSA) is 83.6 Å². The average Bonchev–Trinajstić information content (AvgIpc) is 2.76. The maximum atomic E-state index is 11.5. The summed E-state index contributed by atoms with van der Waals surface area (Å²) in [5.41, 5.74) is 5.25. The number of nitrogens with two attached hydrogens (primary N) is 1. The number of carboxylic acids is 1. The van der Waals surface area contributed by atoms with Crippen molar-refractivity contribution in [2.75, 3.05) is 13.6 Å². The zero-order chi connectivity index (χ0) is 12.1. The molecule has 1 fully saturated rings. The van der Waals surface area contributed by atoms with Crippen molar-refractivity contribution >= 4 is 11.9 Å². The maximum Gasteiger partial charge on any atom is 0.330 e. The number of hydrogen-bond acceptors (Lipinski definition) is 3. The Morgan fingerprint density at radius 3 is 2.50 bits per heavy atom. The van der Waals surface area contributed by atoms with Crippen molar-refractivity contribution in [3.63, 3.8) is 0 Å². The van der Waals surface area contributed by atoms with Crippen LogP contribution in [0.5, 0.6) is 0 Å². The number of rotatable bonds is 5. The van der Waals surface area contributed by atoms with Crippen LogP contribution in [0.3, 0.4) is 0 Å². The number of hydrogen-bond donors (Lipinski definition) is 2. The molecule has 5 nitrogen and oxygen atoms in total. The highest BCUT2D eigenvalue weighted by atomic mass is 16.4. The van der Waals surface area contributed by atoms with Crippen molar-refractivity contribution < 1.29 is 14.7 Å². The van der Waals surface area contributed by atoms with Crippen molar-refractivity contribution in [1.82, 2.24) is 4.90 Å². The largest absolute Gasteiger partial charge is 0.480 e. The molecule has 1 aliphatic carbocycles. The fourth-order valence-electron chi connectivity index (χ4n) is 2.13. The van der Waals surface area contributed by atoms with Crippen LogP contribution in [0.2, 0.25) is 0 Å². The second-order valence-electron chi connectivity index (χ2n) is 4.51. The van der Waals surface area contributed by atoms with Gasteiger partial charge in [-0.15, -0.1) is 0 Å². The second kappa shape index (κ2) is 5.84. The van der Waals surface area contributed by atoms with Crippen molar-refractivity contribution in [1.29, 1.82) is 0 Å². The third-order valence-corrected chi connectivity index (χ3v) is 3.26. The van der Waals surface area contributed by atoms with Gasteiger partial charge in [0.2, 0.25) is 0 Å². The van der Waals surface area contributed by atoms with Crippen molar-refractivity contribution in [3.8, 4) is 0 Å². The fourth-order valence-corrected chi connectivity index (χ4v) is 2.13. The van der Waals surface area contributed by atoms with Crippen LogP contribution in [0, 0.1) is 5.92 Å². The van der Waals surface area contributed by atoms with E-state index in [1.807, 2.05) is 0 Å². The van der Waals surface area contributed by atoms with E-state index < -0.39 is 17.9 Å². The normalized spacial score (nSPS) is 18.4. The molecule has 1 aliphatic rings. The van der Waals surface area contributed by atoms with E-state index in [9.17, 15) is 9.59 Å². The van der Waals surface area contributed by atoms with E-state index in [0.29, 0.717) is 12.5 Å². The molecule has 1 rings (SSSR count). The van der Waals surface area contributed by atoms with Gasteiger partial charge in [0.1, 0.15) is 0 Å². The molecule has 3 N–H and O–H groups in total. The number of nitrogens with zero attached hydrogens (tertiary/aromatic N) is 1. The van der Waals surface area contributed by atoms with Crippen LogP contribution < -0.4 is 5.73 Å². The molecular weight excluding hydrogens is 208 g/mol. The van der Waals surface area contributed by atoms with Crippen LogP contribution in [-0.4, -0.2) is 41.5 Å². The summed E-state index contributed by atoms with van der Waals surface area (Å²) in [5, 5.41) is 8.61. The molecule has 5 heteroatoms. The van der Waals surface area contributed by atoms with Crippen LogP contribution in [0.15, 0.2) is 0 Å². The molecule has 0 spiro atoms. The summed E-state index contributed by atoms with van der Waals surface area (Å²) in [6.45, 7) is 0.602. The van der Waals surface area contributed by atoms with Crippen molar-refractivity contribution in [2.24, 2.45) is 11.7 Å². The van der Waals surface area contributed by atoms with Gasteiger partial charge in [0.25, 0.3) is 5.91 Å². The summed E-state index contributed by atoms with van der Waals surface area (Å²) >= 11 is 0. The molecule has 0 aliphatic heterocycles. The van der Waals surface area contributed by atoms with Crippen molar-refractivity contribution in [2.45, 2.75) is 38.1 Å². The van der Waals surface area contributed by atoms with Gasteiger partial charge < -0.3 is 15.7 Å². The van der Waals surface area contributed by atoms with E-state index >= 15 is 0 Å². The Hall–Kier alpha value is -1.10. The van der Waals surface area contributed by atoms with Crippen molar-refractivity contribution in [3.05, 3.63) is 0 Å². The molecule has 1 unspecified atom stereocenters. The monoisotopic (exact) mass is 228 g/mol. The average molecular weight is 228 g/mol. The molecule has 0 saturated heterocycles. The fraction of sp³-hybridized carbons (Fsp3) is 0.818. The lowest BCUT2D eigenvalue weighted by atomic mass is 10.0. The number of carbonyl (C=O) groups is 2. The van der Waals surface area contributed by atoms with Gasteiger partial charge in [-0.05, 0) is 12.3 Å². The zero-order valence-electron chi connectivity index (χ0n) is 9.69. The number of likely N-dealkylation sites (N-methyl/N-ethyl adjacent to an activating group) is 1. The highest BCUT2D eigenvalue weighted by Crippen LogP contribution is 2.27. The van der Waals surface area contributed by atoms with Crippen LogP contribution >= 0.6 is 0 Å². The van der Waals surface area contributed by atoms with E-state index in [4.69, 9.17) is 10.8 Å². The number of carbonyl (C=O) groups excluding carboxylic acids is 1. The Bertz CT molecular complexity index is 262. The first-order chi connectivity index (χ1) is 7.52. The molecule has 0 bridgehead atoms. The molecule has 0 heterocycles. The smallest absolute Gasteiger partial charge is 0.330 e. The van der Waals surface area contributed by atoms with Gasteiger partial charge in [-0.3, -0.25) is 4.79 Å². The summed E-state index contributed by atoms with van der Waals surface area (Å²) in [7, 11) is 1.61. The van der Waals surface area contributed by atoms with Gasteiger partial charge >= 0.3 is 5.97 Å². The Morgan fingerprint density at radius 2 is 2.00 bits per heavy atom. The van der Waals surface area contributed by atoms with E-state index in [1.54, 1.807) is 7.05 Å². The van der Waals surface area contributed by atoms with Gasteiger partial charge in [0, 0.05) is 13.6 Å². The molecule has 0 aromatic heterocycles. The summed E-state index contributed by atoms with van der Waals surface area (Å²) in [5.74, 6) is -1.08. The first-order valence-corrected chi connectivity index (χ1v) is 5.75. The molecule has 1 saturated carbocycles. The molecule has 1 amide bonds. The summed E-state index contributed by atoms with van der Waals surface area (Å²) in [4.78, 5) is 23.5. The number of carboxylic acid groups (broad SMARTS) is 1. The molecule has 1 atom stereocenters. The lowest BCUT2D eigenvalue weighted by molar-refractivity contribution is -0.146. The predicted molar refractivity (Wildman–Crippen MR) is 59.8 cm³/mol. The summed E-state index contributed by atoms with van der Waals surface area (Å²) in [6.07, 6.45) is 5.96. The van der Waals surface area contributed by atoms with Gasteiger partial charge in [-0.1, -0.05) is 25.7 Å². The Kier molecular flexibility index (Phi) is 4.73. The molecule has 0 aromatic rings. The lowest BCUT2D eigenvalue weighted by Crippen LogP contribution is -2.47. The molecule has 0 radical (unpaired) electrons. The van der Waals surface area contributed by atoms with E-state index in [2.05, 4.69) is 0 Å². The molecule has 0 aromatic carbocycles. The number of amides is 1. The van der Waals surface area contributed by atoms with Crippen LogP contribution in [0.4, 0.5) is 0 Å². The molecule has 92 valence electrons. The predicted octanol–water partition coefficient (Wildman–Crippen LogP) is 0.437. The van der Waals surface area contributed by atoms with Gasteiger partial charge in [0.05, 0.1) is 0 Å². The first-order valence-electron chi connectivity index (χ1n) is 5.75. The van der Waals surface area contributed by atoms with Crippen LogP contribution in [-0.2, 0) is 9.59 Å². The quantitative estimate of drug-likeness (QED) is 0.669. The Balaban J connectivity index is 2.30. The van der Waals surface area contributed by atoms with E-state index in [0.717, 1.165) is 6.42 Å². The third-order valence-electron chi connectivity index (χ3n) is 3.26. The minimum absolute atomic E-state index is 0.509. The molecular formula is C11H20N2O3. The Labute approximate surface area is 95.6 Å². The Morgan fingerprint density at radius 1 is 1.44 bits per heavy atom. The second-order valence-corrected chi connectivity index (χ2v) is 4.51. The maximum absolute atomic E-state index is 11.5. The minimum Gasteiger partial charge on any atom is -0.480 e. The summed E-state index contributed by atoms with van der Waals surface area (Å²) < 4.78 is 0. The standard InChI is InChI=1S/C11H20N2O3/c1-13(10(14)9(12)11(15)16)7-6-8-4-2-3-5-8/h8-9H,2-7,12H2,1H3,(H,15,16). The van der Waals surface area contributed by atoms with E-state index in [-0.39, 0.29) is 0 Å². The first kappa shape index (κ1) is 13.0. The molecule has 16 heavy (non-hydrogen) atoms.